The summed E-state index contributed by atoms with van der Waals surface area (Å²) >= 11 is 5.05. The minimum atomic E-state index is -0.134. The summed E-state index contributed by atoms with van der Waals surface area (Å²) in [6.07, 6.45) is 1.61. The SMILES string of the molecule is O=C(CSCc1ccccc1Br)N/N=C\c1cccc(Oc2ccccc2)c1. The van der Waals surface area contributed by atoms with E-state index < -0.39 is 0 Å². The van der Waals surface area contributed by atoms with Crippen molar-refractivity contribution < 1.29 is 9.53 Å². The molecule has 28 heavy (non-hydrogen) atoms. The highest BCUT2D eigenvalue weighted by atomic mass is 79.9. The number of hydrogen-bond donors (Lipinski definition) is 1. The number of para-hydroxylation sites is 1. The molecular weight excluding hydrogens is 436 g/mol. The van der Waals surface area contributed by atoms with Crippen LogP contribution in [0.2, 0.25) is 0 Å². The van der Waals surface area contributed by atoms with Crippen molar-refractivity contribution in [1.29, 1.82) is 0 Å². The molecule has 0 aliphatic rings. The number of benzene rings is 3. The Kier molecular flexibility index (Phi) is 7.70. The first kappa shape index (κ1) is 20.2. The molecule has 0 bridgehead atoms. The van der Waals surface area contributed by atoms with Crippen molar-refractivity contribution >= 4 is 39.8 Å². The van der Waals surface area contributed by atoms with E-state index in [2.05, 4.69) is 26.5 Å². The van der Waals surface area contributed by atoms with Crippen molar-refractivity contribution in [2.75, 3.05) is 5.75 Å². The molecule has 1 amide bonds. The summed E-state index contributed by atoms with van der Waals surface area (Å²) in [7, 11) is 0. The molecule has 0 aliphatic carbocycles. The smallest absolute Gasteiger partial charge is 0.250 e. The number of amides is 1. The van der Waals surface area contributed by atoms with Gasteiger partial charge in [0.1, 0.15) is 11.5 Å². The van der Waals surface area contributed by atoms with Gasteiger partial charge in [0.2, 0.25) is 5.91 Å². The number of nitrogens with zero attached hydrogens (tertiary/aromatic N) is 1. The number of rotatable bonds is 8. The van der Waals surface area contributed by atoms with Gasteiger partial charge in [-0.1, -0.05) is 64.5 Å². The van der Waals surface area contributed by atoms with Crippen LogP contribution in [-0.4, -0.2) is 17.9 Å². The predicted molar refractivity (Wildman–Crippen MR) is 119 cm³/mol. The third kappa shape index (κ3) is 6.55. The molecule has 1 N–H and O–H groups in total. The molecule has 0 unspecified atom stereocenters. The second-order valence-electron chi connectivity index (χ2n) is 5.86. The van der Waals surface area contributed by atoms with E-state index in [0.717, 1.165) is 21.5 Å². The molecule has 0 atom stereocenters. The Bertz CT molecular complexity index is 948. The summed E-state index contributed by atoms with van der Waals surface area (Å²) in [4.78, 5) is 11.9. The maximum Gasteiger partial charge on any atom is 0.250 e. The number of thioether (sulfide) groups is 1. The van der Waals surface area contributed by atoms with Crippen LogP contribution in [0, 0.1) is 0 Å². The first-order valence-electron chi connectivity index (χ1n) is 8.67. The molecule has 3 aromatic rings. The second-order valence-corrected chi connectivity index (χ2v) is 7.70. The van der Waals surface area contributed by atoms with Gasteiger partial charge >= 0.3 is 0 Å². The Morgan fingerprint density at radius 3 is 2.57 bits per heavy atom. The lowest BCUT2D eigenvalue weighted by molar-refractivity contribution is -0.118. The molecular formula is C22H19BrN2O2S. The number of hydrazone groups is 1. The maximum absolute atomic E-state index is 11.9. The highest BCUT2D eigenvalue weighted by molar-refractivity contribution is 9.10. The Labute approximate surface area is 177 Å². The van der Waals surface area contributed by atoms with E-state index >= 15 is 0 Å². The van der Waals surface area contributed by atoms with Crippen LogP contribution in [-0.2, 0) is 10.5 Å². The molecule has 0 spiro atoms. The van der Waals surface area contributed by atoms with Gasteiger partial charge in [0.05, 0.1) is 12.0 Å². The van der Waals surface area contributed by atoms with E-state index in [4.69, 9.17) is 4.74 Å². The van der Waals surface area contributed by atoms with Crippen LogP contribution < -0.4 is 10.2 Å². The standard InChI is InChI=1S/C22H19BrN2O2S/c23-21-12-5-4-8-18(21)15-28-16-22(26)25-24-14-17-7-6-11-20(13-17)27-19-9-2-1-3-10-19/h1-14H,15-16H2,(H,25,26)/b24-14-. The third-order valence-electron chi connectivity index (χ3n) is 3.69. The minimum absolute atomic E-state index is 0.134. The molecule has 3 rings (SSSR count). The highest BCUT2D eigenvalue weighted by Gasteiger charge is 2.03. The summed E-state index contributed by atoms with van der Waals surface area (Å²) in [5, 5.41) is 4.03. The number of halogens is 1. The van der Waals surface area contributed by atoms with Crippen LogP contribution in [0.25, 0.3) is 0 Å². The third-order valence-corrected chi connectivity index (χ3v) is 5.44. The molecule has 6 heteroatoms. The van der Waals surface area contributed by atoms with Crippen molar-refractivity contribution in [2.24, 2.45) is 5.10 Å². The van der Waals surface area contributed by atoms with E-state index in [-0.39, 0.29) is 5.91 Å². The van der Waals surface area contributed by atoms with E-state index in [1.54, 1.807) is 18.0 Å². The molecule has 3 aromatic carbocycles. The average Bonchev–Trinajstić information content (AvgIpc) is 2.71. The predicted octanol–water partition coefficient (Wildman–Crippen LogP) is 5.62. The number of ether oxygens (including phenoxy) is 1. The van der Waals surface area contributed by atoms with Crippen LogP contribution in [0.15, 0.2) is 88.4 Å². The fourth-order valence-corrected chi connectivity index (χ4v) is 3.80. The summed E-state index contributed by atoms with van der Waals surface area (Å²) in [6.45, 7) is 0. The van der Waals surface area contributed by atoms with Gasteiger partial charge in [0, 0.05) is 10.2 Å². The van der Waals surface area contributed by atoms with Crippen LogP contribution in [0.1, 0.15) is 11.1 Å². The Balaban J connectivity index is 1.45. The summed E-state index contributed by atoms with van der Waals surface area (Å²) in [5.74, 6) is 2.45. The van der Waals surface area contributed by atoms with E-state index in [9.17, 15) is 4.79 Å². The van der Waals surface area contributed by atoms with Gasteiger partial charge in [0.15, 0.2) is 0 Å². The normalized spacial score (nSPS) is 10.8. The summed E-state index contributed by atoms with van der Waals surface area (Å²) in [5.41, 5.74) is 4.57. The zero-order chi connectivity index (χ0) is 19.6. The lowest BCUT2D eigenvalue weighted by Gasteiger charge is -2.06. The van der Waals surface area contributed by atoms with E-state index in [1.165, 1.54) is 5.56 Å². The van der Waals surface area contributed by atoms with Gasteiger partial charge in [-0.2, -0.15) is 5.10 Å². The minimum Gasteiger partial charge on any atom is -0.457 e. The molecule has 0 radical (unpaired) electrons. The first-order chi connectivity index (χ1) is 13.7. The van der Waals surface area contributed by atoms with Crippen molar-refractivity contribution in [1.82, 2.24) is 5.43 Å². The molecule has 4 nitrogen and oxygen atoms in total. The number of nitrogens with one attached hydrogen (secondary N) is 1. The highest BCUT2D eigenvalue weighted by Crippen LogP contribution is 2.22. The van der Waals surface area contributed by atoms with E-state index in [1.807, 2.05) is 78.9 Å². The molecule has 0 aliphatic heterocycles. The zero-order valence-electron chi connectivity index (χ0n) is 15.0. The zero-order valence-corrected chi connectivity index (χ0v) is 17.4. The molecule has 142 valence electrons. The van der Waals surface area contributed by atoms with Gasteiger partial charge in [-0.05, 0) is 41.5 Å². The molecule has 0 saturated heterocycles. The fraction of sp³-hybridized carbons (Fsp3) is 0.0909. The van der Waals surface area contributed by atoms with Gasteiger partial charge in [-0.15, -0.1) is 11.8 Å². The topological polar surface area (TPSA) is 50.7 Å². The molecule has 0 fully saturated rings. The monoisotopic (exact) mass is 454 g/mol. The molecule has 0 aromatic heterocycles. The van der Waals surface area contributed by atoms with Crippen molar-refractivity contribution in [3.05, 3.63) is 94.5 Å². The largest absolute Gasteiger partial charge is 0.457 e. The molecule has 0 saturated carbocycles. The van der Waals surface area contributed by atoms with Gasteiger partial charge < -0.3 is 4.74 Å². The van der Waals surface area contributed by atoms with Crippen molar-refractivity contribution in [3.63, 3.8) is 0 Å². The molecule has 0 heterocycles. The Hall–Kier alpha value is -2.57. The van der Waals surface area contributed by atoms with Gasteiger partial charge in [-0.25, -0.2) is 5.43 Å². The van der Waals surface area contributed by atoms with Crippen molar-refractivity contribution in [2.45, 2.75) is 5.75 Å². The average molecular weight is 455 g/mol. The second kappa shape index (κ2) is 10.7. The van der Waals surface area contributed by atoms with Gasteiger partial charge in [0.25, 0.3) is 0 Å². The van der Waals surface area contributed by atoms with Crippen LogP contribution in [0.5, 0.6) is 11.5 Å². The Morgan fingerprint density at radius 2 is 1.75 bits per heavy atom. The number of hydrogen-bond acceptors (Lipinski definition) is 4. The first-order valence-corrected chi connectivity index (χ1v) is 10.6. The van der Waals surface area contributed by atoms with Crippen molar-refractivity contribution in [3.8, 4) is 11.5 Å². The summed E-state index contributed by atoms with van der Waals surface area (Å²) in [6, 6.07) is 25.1. The van der Waals surface area contributed by atoms with E-state index in [0.29, 0.717) is 11.5 Å². The van der Waals surface area contributed by atoms with Crippen LogP contribution in [0.4, 0.5) is 0 Å². The van der Waals surface area contributed by atoms with Crippen LogP contribution in [0.3, 0.4) is 0 Å². The maximum atomic E-state index is 11.9. The Morgan fingerprint density at radius 1 is 1.00 bits per heavy atom. The number of carbonyl (C=O) groups is 1. The van der Waals surface area contributed by atoms with Crippen LogP contribution >= 0.6 is 27.7 Å². The summed E-state index contributed by atoms with van der Waals surface area (Å²) < 4.78 is 6.85. The lowest BCUT2D eigenvalue weighted by atomic mass is 10.2. The quantitative estimate of drug-likeness (QED) is 0.354. The lowest BCUT2D eigenvalue weighted by Crippen LogP contribution is -2.19. The fourth-order valence-electron chi connectivity index (χ4n) is 2.36. The van der Waals surface area contributed by atoms with Gasteiger partial charge in [-0.3, -0.25) is 4.79 Å². The number of carbonyl (C=O) groups excluding carboxylic acids is 1.